The fourth-order valence-corrected chi connectivity index (χ4v) is 3.29. The summed E-state index contributed by atoms with van der Waals surface area (Å²) in [5.74, 6) is -0.756. The predicted molar refractivity (Wildman–Crippen MR) is 104 cm³/mol. The predicted octanol–water partition coefficient (Wildman–Crippen LogP) is 4.10. The maximum absolute atomic E-state index is 13.1. The second kappa shape index (κ2) is 7.07. The number of carboxylic acid groups (broad SMARTS) is 1. The highest BCUT2D eigenvalue weighted by molar-refractivity contribution is 6.12. The molecule has 1 fully saturated rings. The Morgan fingerprint density at radius 3 is 2.75 bits per heavy atom. The van der Waals surface area contributed by atoms with Gasteiger partial charge in [-0.1, -0.05) is 31.1 Å². The Morgan fingerprint density at radius 2 is 2.07 bits per heavy atom. The summed E-state index contributed by atoms with van der Waals surface area (Å²) < 4.78 is 5.43. The van der Waals surface area contributed by atoms with Crippen LogP contribution in [0, 0.1) is 0 Å². The zero-order valence-corrected chi connectivity index (χ0v) is 15.7. The minimum absolute atomic E-state index is 0.0836. The molecule has 1 aliphatic rings. The second-order valence-electron chi connectivity index (χ2n) is 7.50. The van der Waals surface area contributed by atoms with Crippen molar-refractivity contribution < 1.29 is 19.2 Å². The monoisotopic (exact) mass is 379 g/mol. The summed E-state index contributed by atoms with van der Waals surface area (Å²) in [6.07, 6.45) is 2.02. The van der Waals surface area contributed by atoms with E-state index in [-0.39, 0.29) is 18.2 Å². The number of nitrogens with one attached hydrogen (secondary N) is 1. The highest BCUT2D eigenvalue weighted by Crippen LogP contribution is 2.41. The fourth-order valence-electron chi connectivity index (χ4n) is 3.29. The number of rotatable bonds is 6. The Morgan fingerprint density at radius 1 is 1.29 bits per heavy atom. The number of benzene rings is 1. The zero-order valence-electron chi connectivity index (χ0n) is 15.7. The Kier molecular flexibility index (Phi) is 4.58. The van der Waals surface area contributed by atoms with E-state index in [1.807, 2.05) is 19.9 Å². The van der Waals surface area contributed by atoms with Gasteiger partial charge in [0.1, 0.15) is 0 Å². The second-order valence-corrected chi connectivity index (χ2v) is 7.50. The molecule has 0 radical (unpaired) electrons. The van der Waals surface area contributed by atoms with Gasteiger partial charge < -0.3 is 14.9 Å². The molecule has 4 rings (SSSR count). The van der Waals surface area contributed by atoms with Gasteiger partial charge in [0.25, 0.3) is 11.6 Å². The summed E-state index contributed by atoms with van der Waals surface area (Å²) in [7, 11) is 0. The summed E-state index contributed by atoms with van der Waals surface area (Å²) in [5, 5.41) is 16.6. The van der Waals surface area contributed by atoms with Crippen LogP contribution in [0.15, 0.2) is 34.9 Å². The van der Waals surface area contributed by atoms with E-state index < -0.39 is 5.97 Å². The molecule has 0 aliphatic heterocycles. The molecule has 7 heteroatoms. The van der Waals surface area contributed by atoms with Crippen molar-refractivity contribution in [2.45, 2.75) is 44.9 Å². The van der Waals surface area contributed by atoms with E-state index in [1.54, 1.807) is 24.3 Å². The number of carboxylic acids is 1. The largest absolute Gasteiger partial charge is 0.481 e. The van der Waals surface area contributed by atoms with Crippen molar-refractivity contribution in [3.63, 3.8) is 0 Å². The van der Waals surface area contributed by atoms with Gasteiger partial charge in [-0.25, -0.2) is 4.98 Å². The highest BCUT2D eigenvalue weighted by atomic mass is 16.5. The number of fused-ring (bicyclic) bond motifs is 1. The van der Waals surface area contributed by atoms with Gasteiger partial charge in [-0.05, 0) is 42.5 Å². The third kappa shape index (κ3) is 3.60. The lowest BCUT2D eigenvalue weighted by molar-refractivity contribution is -0.136. The van der Waals surface area contributed by atoms with Gasteiger partial charge in [-0.15, -0.1) is 0 Å². The van der Waals surface area contributed by atoms with E-state index in [0.29, 0.717) is 39.5 Å². The topological polar surface area (TPSA) is 105 Å². The summed E-state index contributed by atoms with van der Waals surface area (Å²) in [6.45, 7) is 3.98. The van der Waals surface area contributed by atoms with Crippen LogP contribution < -0.4 is 5.32 Å². The van der Waals surface area contributed by atoms with E-state index in [2.05, 4.69) is 15.5 Å². The SMILES string of the molecule is CC(C)c1noc2nc(C3CC3)cc(C(=O)Nc3cccc(CC(=O)O)c3)c12. The van der Waals surface area contributed by atoms with Gasteiger partial charge in [0.2, 0.25) is 0 Å². The van der Waals surface area contributed by atoms with Gasteiger partial charge in [0.05, 0.1) is 23.1 Å². The van der Waals surface area contributed by atoms with Gasteiger partial charge in [-0.3, -0.25) is 9.59 Å². The van der Waals surface area contributed by atoms with Crippen LogP contribution in [-0.4, -0.2) is 27.1 Å². The van der Waals surface area contributed by atoms with Crippen molar-refractivity contribution in [2.24, 2.45) is 0 Å². The van der Waals surface area contributed by atoms with Crippen LogP contribution in [0.3, 0.4) is 0 Å². The van der Waals surface area contributed by atoms with Crippen molar-refractivity contribution >= 4 is 28.7 Å². The maximum Gasteiger partial charge on any atom is 0.307 e. The molecule has 0 atom stereocenters. The molecule has 1 amide bonds. The van der Waals surface area contributed by atoms with Gasteiger partial charge >= 0.3 is 5.97 Å². The van der Waals surface area contributed by atoms with Gasteiger partial charge in [-0.2, -0.15) is 0 Å². The molecule has 7 nitrogen and oxygen atoms in total. The molecule has 1 aromatic carbocycles. The molecule has 2 N–H and O–H groups in total. The molecule has 0 spiro atoms. The quantitative estimate of drug-likeness (QED) is 0.668. The fraction of sp³-hybridized carbons (Fsp3) is 0.333. The summed E-state index contributed by atoms with van der Waals surface area (Å²) in [5.41, 5.74) is 3.60. The number of aliphatic carboxylic acids is 1. The summed E-state index contributed by atoms with van der Waals surface area (Å²) in [4.78, 5) is 28.6. The molecular formula is C21H21N3O4. The average Bonchev–Trinajstić information content (AvgIpc) is 3.39. The normalized spacial score (nSPS) is 13.8. The first-order valence-electron chi connectivity index (χ1n) is 9.34. The van der Waals surface area contributed by atoms with Crippen LogP contribution >= 0.6 is 0 Å². The molecule has 0 bridgehead atoms. The first-order valence-corrected chi connectivity index (χ1v) is 9.34. The number of aromatic nitrogens is 2. The standard InChI is InChI=1S/C21H21N3O4/c1-11(2)19-18-15(10-16(13-6-7-13)23-21(18)28-24-19)20(27)22-14-5-3-4-12(8-14)9-17(25)26/h3-5,8,10-11,13H,6-7,9H2,1-2H3,(H,22,27)(H,25,26). The Hall–Kier alpha value is -3.22. The molecule has 2 aromatic heterocycles. The zero-order chi connectivity index (χ0) is 19.8. The van der Waals surface area contributed by atoms with Crippen LogP contribution in [0.4, 0.5) is 5.69 Å². The number of nitrogens with zero attached hydrogens (tertiary/aromatic N) is 2. The van der Waals surface area contributed by atoms with Crippen molar-refractivity contribution in [1.29, 1.82) is 0 Å². The van der Waals surface area contributed by atoms with E-state index in [0.717, 1.165) is 18.5 Å². The summed E-state index contributed by atoms with van der Waals surface area (Å²) >= 11 is 0. The van der Waals surface area contributed by atoms with Crippen LogP contribution in [0.1, 0.15) is 65.8 Å². The number of pyridine rings is 1. The smallest absolute Gasteiger partial charge is 0.307 e. The maximum atomic E-state index is 13.1. The molecule has 144 valence electrons. The van der Waals surface area contributed by atoms with E-state index in [9.17, 15) is 9.59 Å². The third-order valence-electron chi connectivity index (χ3n) is 4.82. The van der Waals surface area contributed by atoms with Crippen molar-refractivity contribution in [3.05, 3.63) is 52.8 Å². The molecular weight excluding hydrogens is 358 g/mol. The minimum atomic E-state index is -0.917. The number of amides is 1. The van der Waals surface area contributed by atoms with Crippen molar-refractivity contribution in [1.82, 2.24) is 10.1 Å². The Balaban J connectivity index is 1.72. The van der Waals surface area contributed by atoms with Crippen LogP contribution in [0.5, 0.6) is 0 Å². The van der Waals surface area contributed by atoms with E-state index in [1.165, 1.54) is 0 Å². The minimum Gasteiger partial charge on any atom is -0.481 e. The highest BCUT2D eigenvalue weighted by Gasteiger charge is 2.29. The first-order chi connectivity index (χ1) is 13.4. The van der Waals surface area contributed by atoms with Gasteiger partial charge in [0, 0.05) is 17.3 Å². The molecule has 1 saturated carbocycles. The Bertz CT molecular complexity index is 1070. The lowest BCUT2D eigenvalue weighted by Crippen LogP contribution is -2.14. The lowest BCUT2D eigenvalue weighted by Gasteiger charge is -2.10. The number of carbonyl (C=O) groups is 2. The average molecular weight is 379 g/mol. The molecule has 2 heterocycles. The molecule has 0 unspecified atom stereocenters. The molecule has 0 saturated heterocycles. The lowest BCUT2D eigenvalue weighted by atomic mass is 10.0. The number of hydrogen-bond acceptors (Lipinski definition) is 5. The summed E-state index contributed by atoms with van der Waals surface area (Å²) in [6, 6.07) is 8.68. The van der Waals surface area contributed by atoms with Crippen LogP contribution in [0.2, 0.25) is 0 Å². The molecule has 28 heavy (non-hydrogen) atoms. The van der Waals surface area contributed by atoms with Gasteiger partial charge in [0.15, 0.2) is 0 Å². The molecule has 3 aromatic rings. The van der Waals surface area contributed by atoms with Crippen LogP contribution in [-0.2, 0) is 11.2 Å². The third-order valence-corrected chi connectivity index (χ3v) is 4.82. The van der Waals surface area contributed by atoms with Crippen molar-refractivity contribution in [2.75, 3.05) is 5.32 Å². The first kappa shape index (κ1) is 18.2. The number of hydrogen-bond donors (Lipinski definition) is 2. The number of carbonyl (C=O) groups excluding carboxylic acids is 1. The van der Waals surface area contributed by atoms with E-state index in [4.69, 9.17) is 9.63 Å². The number of anilines is 1. The molecule has 1 aliphatic carbocycles. The van der Waals surface area contributed by atoms with Crippen molar-refractivity contribution in [3.8, 4) is 0 Å². The Labute approximate surface area is 161 Å². The van der Waals surface area contributed by atoms with Crippen LogP contribution in [0.25, 0.3) is 11.1 Å². The van der Waals surface area contributed by atoms with E-state index >= 15 is 0 Å².